The van der Waals surface area contributed by atoms with E-state index in [0.29, 0.717) is 32.0 Å². The highest BCUT2D eigenvalue weighted by Crippen LogP contribution is 2.36. The van der Waals surface area contributed by atoms with Crippen molar-refractivity contribution >= 4 is 0 Å². The standard InChI is InChI=1S/C14H20O2/c1-11(2)12-5-3-4-6-13(12)14(15)7-9-16-10-8-14/h3-6,11,15H,7-10H2,1-2H3. The summed E-state index contributed by atoms with van der Waals surface area (Å²) in [5.41, 5.74) is 1.67. The lowest BCUT2D eigenvalue weighted by Crippen LogP contribution is -2.34. The van der Waals surface area contributed by atoms with Crippen molar-refractivity contribution in [2.45, 2.75) is 38.2 Å². The first-order chi connectivity index (χ1) is 7.63. The van der Waals surface area contributed by atoms with Gasteiger partial charge in [0.1, 0.15) is 0 Å². The Kier molecular flexibility index (Phi) is 3.31. The van der Waals surface area contributed by atoms with Gasteiger partial charge in [-0.2, -0.15) is 0 Å². The van der Waals surface area contributed by atoms with Crippen molar-refractivity contribution in [3.8, 4) is 0 Å². The van der Waals surface area contributed by atoms with Crippen LogP contribution in [0.2, 0.25) is 0 Å². The molecule has 0 radical (unpaired) electrons. The zero-order valence-corrected chi connectivity index (χ0v) is 10.1. The van der Waals surface area contributed by atoms with Crippen LogP contribution in [0.4, 0.5) is 0 Å². The van der Waals surface area contributed by atoms with Crippen LogP contribution in [-0.2, 0) is 10.3 Å². The molecule has 2 nitrogen and oxygen atoms in total. The monoisotopic (exact) mass is 220 g/mol. The van der Waals surface area contributed by atoms with Gasteiger partial charge in [-0.3, -0.25) is 0 Å². The highest BCUT2D eigenvalue weighted by atomic mass is 16.5. The van der Waals surface area contributed by atoms with E-state index in [2.05, 4.69) is 26.0 Å². The van der Waals surface area contributed by atoms with Crippen molar-refractivity contribution in [2.24, 2.45) is 0 Å². The zero-order chi connectivity index (χ0) is 11.6. The van der Waals surface area contributed by atoms with Crippen LogP contribution in [0.25, 0.3) is 0 Å². The summed E-state index contributed by atoms with van der Waals surface area (Å²) in [6.45, 7) is 5.65. The maximum atomic E-state index is 10.7. The normalized spacial score (nSPS) is 20.0. The first-order valence-electron chi connectivity index (χ1n) is 6.03. The molecule has 1 aromatic carbocycles. The number of benzene rings is 1. The Bertz CT molecular complexity index is 352. The lowest BCUT2D eigenvalue weighted by molar-refractivity contribution is -0.0685. The Morgan fingerprint density at radius 3 is 2.44 bits per heavy atom. The Morgan fingerprint density at radius 2 is 1.81 bits per heavy atom. The van der Waals surface area contributed by atoms with Gasteiger partial charge in [-0.25, -0.2) is 0 Å². The average molecular weight is 220 g/mol. The summed E-state index contributed by atoms with van der Waals surface area (Å²) in [6, 6.07) is 8.23. The largest absolute Gasteiger partial charge is 0.385 e. The van der Waals surface area contributed by atoms with Gasteiger partial charge >= 0.3 is 0 Å². The van der Waals surface area contributed by atoms with E-state index in [1.807, 2.05) is 12.1 Å². The van der Waals surface area contributed by atoms with E-state index < -0.39 is 5.60 Å². The third-order valence-corrected chi connectivity index (χ3v) is 3.40. The molecule has 0 amide bonds. The number of ether oxygens (including phenoxy) is 1. The van der Waals surface area contributed by atoms with E-state index in [1.54, 1.807) is 0 Å². The summed E-state index contributed by atoms with van der Waals surface area (Å²) < 4.78 is 5.33. The smallest absolute Gasteiger partial charge is 0.0943 e. The van der Waals surface area contributed by atoms with Gasteiger partial charge in [-0.1, -0.05) is 38.1 Å². The van der Waals surface area contributed by atoms with Crippen LogP contribution < -0.4 is 0 Å². The third kappa shape index (κ3) is 2.13. The fraction of sp³-hybridized carbons (Fsp3) is 0.571. The van der Waals surface area contributed by atoms with Crippen molar-refractivity contribution in [1.82, 2.24) is 0 Å². The summed E-state index contributed by atoms with van der Waals surface area (Å²) in [7, 11) is 0. The van der Waals surface area contributed by atoms with Gasteiger partial charge in [0.25, 0.3) is 0 Å². The van der Waals surface area contributed by atoms with Gasteiger partial charge in [-0.05, 0) is 17.0 Å². The minimum absolute atomic E-state index is 0.447. The maximum Gasteiger partial charge on any atom is 0.0943 e. The molecule has 0 spiro atoms. The molecule has 2 heteroatoms. The summed E-state index contributed by atoms with van der Waals surface area (Å²) >= 11 is 0. The van der Waals surface area contributed by atoms with Crippen LogP contribution in [0, 0.1) is 0 Å². The van der Waals surface area contributed by atoms with Crippen LogP contribution in [0.5, 0.6) is 0 Å². The lowest BCUT2D eigenvalue weighted by Gasteiger charge is -2.34. The van der Waals surface area contributed by atoms with E-state index in [4.69, 9.17) is 4.74 Å². The highest BCUT2D eigenvalue weighted by Gasteiger charge is 2.33. The van der Waals surface area contributed by atoms with Crippen LogP contribution in [0.15, 0.2) is 24.3 Å². The second kappa shape index (κ2) is 4.56. The fourth-order valence-corrected chi connectivity index (χ4v) is 2.40. The topological polar surface area (TPSA) is 29.5 Å². The average Bonchev–Trinajstić information content (AvgIpc) is 2.30. The van der Waals surface area contributed by atoms with Gasteiger partial charge in [0.15, 0.2) is 0 Å². The van der Waals surface area contributed by atoms with Crippen LogP contribution in [-0.4, -0.2) is 18.3 Å². The zero-order valence-electron chi connectivity index (χ0n) is 10.1. The molecule has 0 aliphatic carbocycles. The molecule has 0 atom stereocenters. The molecule has 0 aromatic heterocycles. The Balaban J connectivity index is 2.38. The highest BCUT2D eigenvalue weighted by molar-refractivity contribution is 5.34. The molecule has 1 fully saturated rings. The fourth-order valence-electron chi connectivity index (χ4n) is 2.40. The first-order valence-corrected chi connectivity index (χ1v) is 6.03. The van der Waals surface area contributed by atoms with Crippen LogP contribution in [0.3, 0.4) is 0 Å². The molecular formula is C14H20O2. The van der Waals surface area contributed by atoms with Gasteiger partial charge in [0.2, 0.25) is 0 Å². The predicted octanol–water partition coefficient (Wildman–Crippen LogP) is 2.81. The summed E-state index contributed by atoms with van der Waals surface area (Å²) in [5, 5.41) is 10.7. The molecule has 1 aliphatic rings. The molecule has 1 N–H and O–H groups in total. The van der Waals surface area contributed by atoms with Crippen molar-refractivity contribution in [1.29, 1.82) is 0 Å². The van der Waals surface area contributed by atoms with Gasteiger partial charge in [0.05, 0.1) is 5.60 Å². The molecule has 0 bridgehead atoms. The van der Waals surface area contributed by atoms with E-state index in [-0.39, 0.29) is 0 Å². The maximum absolute atomic E-state index is 10.7. The summed E-state index contributed by atoms with van der Waals surface area (Å²) in [6.07, 6.45) is 1.41. The number of rotatable bonds is 2. The lowest BCUT2D eigenvalue weighted by atomic mass is 9.81. The molecule has 1 aliphatic heterocycles. The molecule has 1 heterocycles. The molecule has 2 rings (SSSR count). The number of hydrogen-bond acceptors (Lipinski definition) is 2. The van der Waals surface area contributed by atoms with Gasteiger partial charge < -0.3 is 9.84 Å². The predicted molar refractivity (Wildman–Crippen MR) is 64.5 cm³/mol. The molecule has 1 saturated heterocycles. The van der Waals surface area contributed by atoms with Crippen LogP contribution in [0.1, 0.15) is 43.7 Å². The van der Waals surface area contributed by atoms with Crippen LogP contribution >= 0.6 is 0 Å². The second-order valence-electron chi connectivity index (χ2n) is 4.89. The Morgan fingerprint density at radius 1 is 1.19 bits per heavy atom. The van der Waals surface area contributed by atoms with E-state index >= 15 is 0 Å². The number of aliphatic hydroxyl groups is 1. The Labute approximate surface area is 97.3 Å². The quantitative estimate of drug-likeness (QED) is 0.830. The van der Waals surface area contributed by atoms with Crippen molar-refractivity contribution in [3.05, 3.63) is 35.4 Å². The van der Waals surface area contributed by atoms with Crippen molar-refractivity contribution in [3.63, 3.8) is 0 Å². The second-order valence-corrected chi connectivity index (χ2v) is 4.89. The third-order valence-electron chi connectivity index (χ3n) is 3.40. The van der Waals surface area contributed by atoms with E-state index in [9.17, 15) is 5.11 Å². The van der Waals surface area contributed by atoms with Crippen molar-refractivity contribution < 1.29 is 9.84 Å². The molecule has 0 unspecified atom stereocenters. The summed E-state index contributed by atoms with van der Waals surface area (Å²) in [5.74, 6) is 0.447. The number of hydrogen-bond donors (Lipinski definition) is 1. The molecule has 1 aromatic rings. The van der Waals surface area contributed by atoms with Gasteiger partial charge in [-0.15, -0.1) is 0 Å². The molecular weight excluding hydrogens is 200 g/mol. The summed E-state index contributed by atoms with van der Waals surface area (Å²) in [4.78, 5) is 0. The minimum Gasteiger partial charge on any atom is -0.385 e. The van der Waals surface area contributed by atoms with Crippen molar-refractivity contribution in [2.75, 3.05) is 13.2 Å². The van der Waals surface area contributed by atoms with Gasteiger partial charge in [0, 0.05) is 26.1 Å². The Hall–Kier alpha value is -0.860. The SMILES string of the molecule is CC(C)c1ccccc1C1(O)CCOCC1. The first kappa shape index (κ1) is 11.6. The van der Waals surface area contributed by atoms with E-state index in [0.717, 1.165) is 5.56 Å². The molecule has 88 valence electrons. The molecule has 0 saturated carbocycles. The molecule has 16 heavy (non-hydrogen) atoms. The minimum atomic E-state index is -0.681. The van der Waals surface area contributed by atoms with E-state index in [1.165, 1.54) is 5.56 Å².